The number of hydrogen-bond donors (Lipinski definition) is 1. The Kier molecular flexibility index (Phi) is 10.9. The highest BCUT2D eigenvalue weighted by atomic mass is 16.4. The summed E-state index contributed by atoms with van der Waals surface area (Å²) in [5.74, 6) is 5.89. The molecule has 0 aromatic rings. The Hall–Kier alpha value is -0.970. The molecule has 0 aliphatic heterocycles. The van der Waals surface area contributed by atoms with E-state index in [1.54, 1.807) is 0 Å². The van der Waals surface area contributed by atoms with E-state index < -0.39 is 11.9 Å². The van der Waals surface area contributed by atoms with Crippen LogP contribution in [0.15, 0.2) is 0 Å². The maximum Gasteiger partial charge on any atom is 0.318 e. The molecule has 126 valence electrons. The molecule has 1 aliphatic rings. The first-order valence-electron chi connectivity index (χ1n) is 9.45. The van der Waals surface area contributed by atoms with Crippen LogP contribution >= 0.6 is 0 Å². The van der Waals surface area contributed by atoms with E-state index >= 15 is 0 Å². The molecule has 1 saturated carbocycles. The summed E-state index contributed by atoms with van der Waals surface area (Å²) in [5, 5.41) is 9.23. The van der Waals surface area contributed by atoms with Gasteiger partial charge in [0.25, 0.3) is 0 Å². The van der Waals surface area contributed by atoms with Gasteiger partial charge in [0, 0.05) is 6.42 Å². The molecule has 22 heavy (non-hydrogen) atoms. The number of hydrogen-bond acceptors (Lipinski definition) is 1. The van der Waals surface area contributed by atoms with Gasteiger partial charge >= 0.3 is 5.97 Å². The van der Waals surface area contributed by atoms with Crippen molar-refractivity contribution in [3.63, 3.8) is 0 Å². The van der Waals surface area contributed by atoms with Crippen molar-refractivity contribution in [1.29, 1.82) is 0 Å². The third-order valence-corrected chi connectivity index (χ3v) is 4.53. The fourth-order valence-electron chi connectivity index (χ4n) is 2.81. The molecule has 0 spiro atoms. The number of carbonyl (C=O) groups is 1. The standard InChI is InChI=1S/C20H34O2/c1-2-3-4-5-6-7-8-11-14-19(20(21)22)15-12-9-10-13-18-16-17-18/h18-19H,2-10,12-13,15-17H2,1H3,(H,21,22). The second kappa shape index (κ2) is 12.6. The summed E-state index contributed by atoms with van der Waals surface area (Å²) in [4.78, 5) is 11.2. The Balaban J connectivity index is 2.03. The molecule has 0 aromatic heterocycles. The number of carboxylic acids is 1. The summed E-state index contributed by atoms with van der Waals surface area (Å²) < 4.78 is 0. The van der Waals surface area contributed by atoms with Gasteiger partial charge in [0.05, 0.1) is 0 Å². The summed E-state index contributed by atoms with van der Waals surface area (Å²) in [6.45, 7) is 2.23. The topological polar surface area (TPSA) is 37.3 Å². The predicted octanol–water partition coefficient (Wildman–Crippen LogP) is 5.80. The number of carboxylic acid groups (broad SMARTS) is 1. The molecule has 1 N–H and O–H groups in total. The third kappa shape index (κ3) is 10.7. The third-order valence-electron chi connectivity index (χ3n) is 4.53. The van der Waals surface area contributed by atoms with Crippen molar-refractivity contribution in [3.8, 4) is 11.8 Å². The van der Waals surface area contributed by atoms with Crippen LogP contribution in [-0.2, 0) is 4.79 Å². The average molecular weight is 306 g/mol. The number of aliphatic carboxylic acids is 1. The minimum Gasteiger partial charge on any atom is -0.480 e. The molecule has 2 heteroatoms. The van der Waals surface area contributed by atoms with Gasteiger partial charge in [-0.15, -0.1) is 5.92 Å². The van der Waals surface area contributed by atoms with Crippen LogP contribution in [-0.4, -0.2) is 11.1 Å². The fourth-order valence-corrected chi connectivity index (χ4v) is 2.81. The van der Waals surface area contributed by atoms with Gasteiger partial charge in [-0.05, 0) is 18.8 Å². The lowest BCUT2D eigenvalue weighted by atomic mass is 10.0. The smallest absolute Gasteiger partial charge is 0.318 e. The first-order chi connectivity index (χ1) is 10.7. The van der Waals surface area contributed by atoms with Gasteiger partial charge in [0.15, 0.2) is 0 Å². The van der Waals surface area contributed by atoms with Crippen molar-refractivity contribution in [3.05, 3.63) is 0 Å². The molecule has 0 saturated heterocycles. The normalized spacial score (nSPS) is 15.1. The Morgan fingerprint density at radius 3 is 2.41 bits per heavy atom. The second-order valence-corrected chi connectivity index (χ2v) is 6.81. The molecule has 0 radical (unpaired) electrons. The summed E-state index contributed by atoms with van der Waals surface area (Å²) in [5.41, 5.74) is 0. The van der Waals surface area contributed by atoms with E-state index in [9.17, 15) is 9.90 Å². The molecule has 1 aliphatic carbocycles. The van der Waals surface area contributed by atoms with Crippen LogP contribution in [0.3, 0.4) is 0 Å². The molecule has 2 nitrogen and oxygen atoms in total. The summed E-state index contributed by atoms with van der Waals surface area (Å²) >= 11 is 0. The van der Waals surface area contributed by atoms with Gasteiger partial charge in [-0.1, -0.05) is 83.5 Å². The van der Waals surface area contributed by atoms with Crippen LogP contribution in [0, 0.1) is 23.7 Å². The van der Waals surface area contributed by atoms with E-state index in [0.717, 1.165) is 31.6 Å². The van der Waals surface area contributed by atoms with E-state index in [1.807, 2.05) is 0 Å². The minimum absolute atomic E-state index is 0.444. The van der Waals surface area contributed by atoms with Gasteiger partial charge < -0.3 is 5.11 Å². The van der Waals surface area contributed by atoms with E-state index in [-0.39, 0.29) is 0 Å². The summed E-state index contributed by atoms with van der Waals surface area (Å²) in [6.07, 6.45) is 16.8. The maximum atomic E-state index is 11.2. The van der Waals surface area contributed by atoms with Gasteiger partial charge in [0.2, 0.25) is 0 Å². The Labute approximate surface area is 137 Å². The van der Waals surface area contributed by atoms with Crippen molar-refractivity contribution in [2.75, 3.05) is 0 Å². The Morgan fingerprint density at radius 1 is 1.05 bits per heavy atom. The molecule has 1 rings (SSSR count). The van der Waals surface area contributed by atoms with Crippen LogP contribution < -0.4 is 0 Å². The van der Waals surface area contributed by atoms with Crippen molar-refractivity contribution >= 4 is 5.97 Å². The van der Waals surface area contributed by atoms with Crippen molar-refractivity contribution in [2.24, 2.45) is 11.8 Å². The highest BCUT2D eigenvalue weighted by Crippen LogP contribution is 2.34. The first kappa shape index (κ1) is 19.1. The van der Waals surface area contributed by atoms with E-state index in [1.165, 1.54) is 64.2 Å². The highest BCUT2D eigenvalue weighted by Gasteiger charge is 2.20. The molecular formula is C20H34O2. The van der Waals surface area contributed by atoms with Crippen molar-refractivity contribution in [2.45, 2.75) is 96.8 Å². The first-order valence-corrected chi connectivity index (χ1v) is 9.45. The average Bonchev–Trinajstić information content (AvgIpc) is 3.31. The molecule has 0 amide bonds. The van der Waals surface area contributed by atoms with Crippen LogP contribution in [0.2, 0.25) is 0 Å². The SMILES string of the molecule is CCCCCCCCC#CC(CCCCCC1CC1)C(=O)O. The lowest BCUT2D eigenvalue weighted by molar-refractivity contribution is -0.139. The molecular weight excluding hydrogens is 272 g/mol. The minimum atomic E-state index is -0.738. The van der Waals surface area contributed by atoms with E-state index in [2.05, 4.69) is 18.8 Å². The molecule has 1 unspecified atom stereocenters. The van der Waals surface area contributed by atoms with E-state index in [0.29, 0.717) is 0 Å². The summed E-state index contributed by atoms with van der Waals surface area (Å²) in [6, 6.07) is 0. The van der Waals surface area contributed by atoms with Crippen LogP contribution in [0.1, 0.15) is 96.8 Å². The monoisotopic (exact) mass is 306 g/mol. The van der Waals surface area contributed by atoms with Gasteiger partial charge in [-0.2, -0.15) is 0 Å². The maximum absolute atomic E-state index is 11.2. The van der Waals surface area contributed by atoms with Crippen molar-refractivity contribution < 1.29 is 9.90 Å². The zero-order valence-corrected chi connectivity index (χ0v) is 14.4. The van der Waals surface area contributed by atoms with Gasteiger partial charge in [-0.25, -0.2) is 0 Å². The largest absolute Gasteiger partial charge is 0.480 e. The molecule has 0 bridgehead atoms. The van der Waals surface area contributed by atoms with Gasteiger partial charge in [-0.3, -0.25) is 4.79 Å². The predicted molar refractivity (Wildman–Crippen MR) is 92.7 cm³/mol. The highest BCUT2D eigenvalue weighted by molar-refractivity contribution is 5.73. The quantitative estimate of drug-likeness (QED) is 0.345. The molecule has 1 fully saturated rings. The molecule has 0 heterocycles. The van der Waals surface area contributed by atoms with Crippen LogP contribution in [0.5, 0.6) is 0 Å². The summed E-state index contributed by atoms with van der Waals surface area (Å²) in [7, 11) is 0. The number of unbranched alkanes of at least 4 members (excludes halogenated alkanes) is 8. The number of rotatable bonds is 13. The zero-order valence-electron chi connectivity index (χ0n) is 14.4. The lowest BCUT2D eigenvalue weighted by Gasteiger charge is -2.05. The molecule has 0 aromatic carbocycles. The van der Waals surface area contributed by atoms with E-state index in [4.69, 9.17) is 0 Å². The van der Waals surface area contributed by atoms with Crippen molar-refractivity contribution in [1.82, 2.24) is 0 Å². The zero-order chi connectivity index (χ0) is 16.0. The van der Waals surface area contributed by atoms with Crippen LogP contribution in [0.4, 0.5) is 0 Å². The van der Waals surface area contributed by atoms with Gasteiger partial charge in [0.1, 0.15) is 5.92 Å². The fraction of sp³-hybridized carbons (Fsp3) is 0.850. The lowest BCUT2D eigenvalue weighted by Crippen LogP contribution is -2.11. The second-order valence-electron chi connectivity index (χ2n) is 6.81. The Bertz CT molecular complexity index is 346. The Morgan fingerprint density at radius 2 is 1.73 bits per heavy atom. The molecule has 1 atom stereocenters. The van der Waals surface area contributed by atoms with Crippen LogP contribution in [0.25, 0.3) is 0 Å².